The molecule has 0 amide bonds. The highest BCUT2D eigenvalue weighted by atomic mass is 35.5. The molecule has 0 fully saturated rings. The van der Waals surface area contributed by atoms with Crippen LogP contribution in [0, 0.1) is 5.41 Å². The minimum Gasteiger partial charge on any atom is -0.481 e. The fraction of sp³-hybridized carbons (Fsp3) is 0.333. The van der Waals surface area contributed by atoms with Gasteiger partial charge in [0.05, 0.1) is 32.0 Å². The lowest BCUT2D eigenvalue weighted by Crippen LogP contribution is -2.43. The molecule has 0 aliphatic rings. The topological polar surface area (TPSA) is 106 Å². The molecule has 35 heavy (non-hydrogen) atoms. The molecule has 0 aliphatic heterocycles. The first kappa shape index (κ1) is 26.9. The Labute approximate surface area is 216 Å². The van der Waals surface area contributed by atoms with E-state index in [0.29, 0.717) is 0 Å². The molecule has 14 heteroatoms. The average Bonchev–Trinajstić information content (AvgIpc) is 3.27. The summed E-state index contributed by atoms with van der Waals surface area (Å²) in [6.07, 6.45) is 1.24. The van der Waals surface area contributed by atoms with Crippen LogP contribution in [0.25, 0.3) is 11.3 Å². The van der Waals surface area contributed by atoms with E-state index in [9.17, 15) is 14.4 Å². The van der Waals surface area contributed by atoms with Gasteiger partial charge in [0, 0.05) is 29.1 Å². The zero-order chi connectivity index (χ0) is 26.3. The fourth-order valence-corrected chi connectivity index (χ4v) is 4.37. The Balaban J connectivity index is 2.11. The Kier molecular flexibility index (Phi) is 7.53. The summed E-state index contributed by atoms with van der Waals surface area (Å²) in [4.78, 5) is 37.3. The minimum atomic E-state index is -1.79. The first-order chi connectivity index (χ1) is 16.1. The van der Waals surface area contributed by atoms with Crippen LogP contribution in [-0.4, -0.2) is 62.7 Å². The second kappa shape index (κ2) is 9.78. The van der Waals surface area contributed by atoms with Gasteiger partial charge in [-0.25, -0.2) is 0 Å². The van der Waals surface area contributed by atoms with Gasteiger partial charge in [0.25, 0.3) is 11.5 Å². The minimum absolute atomic E-state index is 0.0245. The molecule has 3 rings (SSSR count). The van der Waals surface area contributed by atoms with E-state index in [4.69, 9.17) is 48.1 Å². The Hall–Kier alpha value is -2.65. The molecular formula is C21H19B4ClN4O4S. The molecule has 8 radical (unpaired) electrons. The molecule has 0 unspecified atom stereocenters. The molecule has 2 N–H and O–H groups in total. The quantitative estimate of drug-likeness (QED) is 0.462. The molecule has 0 aromatic carbocycles. The number of carboxylic acids is 1. The third-order valence-electron chi connectivity index (χ3n) is 5.05. The number of aromatic nitrogens is 3. The summed E-state index contributed by atoms with van der Waals surface area (Å²) in [5.74, 6) is -1.33. The van der Waals surface area contributed by atoms with Crippen molar-refractivity contribution in [1.82, 2.24) is 14.3 Å². The van der Waals surface area contributed by atoms with E-state index in [1.807, 2.05) is 0 Å². The van der Waals surface area contributed by atoms with Gasteiger partial charge in [-0.2, -0.15) is 9.78 Å². The van der Waals surface area contributed by atoms with Crippen LogP contribution in [0.15, 0.2) is 29.2 Å². The van der Waals surface area contributed by atoms with Gasteiger partial charge in [-0.05, 0) is 17.5 Å². The van der Waals surface area contributed by atoms with E-state index in [-0.39, 0.29) is 50.2 Å². The lowest BCUT2D eigenvalue weighted by molar-refractivity contribution is -0.137. The van der Waals surface area contributed by atoms with Crippen LogP contribution in [0.3, 0.4) is 0 Å². The SMILES string of the molecule is [B]c1c(Cl)sc(C([B])([B])Nc2cc(-c3cccn(CCC(=O)O)c3=O)nn2C(=O)C(C)(C)C)c1[B]. The lowest BCUT2D eigenvalue weighted by atomic mass is 9.58. The Morgan fingerprint density at radius 1 is 1.23 bits per heavy atom. The van der Waals surface area contributed by atoms with Gasteiger partial charge in [0.2, 0.25) is 0 Å². The van der Waals surface area contributed by atoms with Crippen molar-refractivity contribution in [3.8, 4) is 11.3 Å². The van der Waals surface area contributed by atoms with Crippen molar-refractivity contribution in [1.29, 1.82) is 0 Å². The number of thiophene rings is 1. The molecule has 0 saturated heterocycles. The number of carbonyl (C=O) groups excluding carboxylic acids is 1. The first-order valence-corrected chi connectivity index (χ1v) is 11.6. The Morgan fingerprint density at radius 2 is 1.89 bits per heavy atom. The number of pyridine rings is 1. The van der Waals surface area contributed by atoms with E-state index in [2.05, 4.69) is 10.4 Å². The molecule has 8 nitrogen and oxygen atoms in total. The van der Waals surface area contributed by atoms with Crippen molar-refractivity contribution in [3.63, 3.8) is 0 Å². The molecule has 172 valence electrons. The number of anilines is 1. The summed E-state index contributed by atoms with van der Waals surface area (Å²) < 4.78 is 2.55. The zero-order valence-electron chi connectivity index (χ0n) is 19.3. The predicted octanol–water partition coefficient (Wildman–Crippen LogP) is 0.735. The highest BCUT2D eigenvalue weighted by molar-refractivity contribution is 7.19. The number of hydrogen-bond donors (Lipinski definition) is 2. The third-order valence-corrected chi connectivity index (χ3v) is 6.65. The van der Waals surface area contributed by atoms with E-state index >= 15 is 0 Å². The normalized spacial score (nSPS) is 12.0. The van der Waals surface area contributed by atoms with Crippen molar-refractivity contribution < 1.29 is 14.7 Å². The van der Waals surface area contributed by atoms with Gasteiger partial charge < -0.3 is 15.0 Å². The maximum Gasteiger partial charge on any atom is 0.305 e. The number of nitrogens with one attached hydrogen (secondary N) is 1. The fourth-order valence-electron chi connectivity index (χ4n) is 3.20. The number of carboxylic acid groups (broad SMARTS) is 1. The van der Waals surface area contributed by atoms with Crippen LogP contribution in [0.4, 0.5) is 5.82 Å². The standard InChI is InChI=1S/C21H19B4ClN4O4S/c1-20(2,3)19(34)30-12(27-21(24,25)16-14(22)15(23)17(26)35-16)9-11(28-30)10-5-4-7-29(18(10)33)8-6-13(31)32/h4-5,7,9,27H,6,8H2,1-3H3,(H,31,32). The van der Waals surface area contributed by atoms with Crippen molar-refractivity contribution in [3.05, 3.63) is 44.0 Å². The summed E-state index contributed by atoms with van der Waals surface area (Å²) in [5, 5.41) is 14.4. The van der Waals surface area contributed by atoms with Gasteiger partial charge in [0.15, 0.2) is 0 Å². The molecular weight excluding hydrogens is 483 g/mol. The first-order valence-electron chi connectivity index (χ1n) is 10.4. The van der Waals surface area contributed by atoms with Gasteiger partial charge >= 0.3 is 5.97 Å². The Morgan fingerprint density at radius 3 is 2.43 bits per heavy atom. The molecule has 3 aromatic rings. The van der Waals surface area contributed by atoms with Crippen molar-refractivity contribution in [2.75, 3.05) is 5.32 Å². The van der Waals surface area contributed by atoms with Crippen LogP contribution in [0.2, 0.25) is 4.34 Å². The molecule has 3 heterocycles. The van der Waals surface area contributed by atoms with E-state index in [1.165, 1.54) is 22.9 Å². The Bertz CT molecular complexity index is 1360. The summed E-state index contributed by atoms with van der Waals surface area (Å²) in [6, 6.07) is 4.56. The maximum absolute atomic E-state index is 13.2. The van der Waals surface area contributed by atoms with Gasteiger partial charge in [0.1, 0.15) is 27.2 Å². The van der Waals surface area contributed by atoms with Gasteiger partial charge in [-0.15, -0.1) is 11.3 Å². The van der Waals surface area contributed by atoms with Crippen LogP contribution < -0.4 is 21.8 Å². The number of rotatable bonds is 7. The smallest absolute Gasteiger partial charge is 0.305 e. The zero-order valence-corrected chi connectivity index (χ0v) is 20.9. The van der Waals surface area contributed by atoms with Crippen molar-refractivity contribution in [2.45, 2.75) is 39.1 Å². The average molecular weight is 502 g/mol. The molecule has 0 bridgehead atoms. The summed E-state index contributed by atoms with van der Waals surface area (Å²) in [5.41, 5.74) is -0.756. The van der Waals surface area contributed by atoms with Crippen molar-refractivity contribution >= 4 is 82.9 Å². The molecule has 0 atom stereocenters. The summed E-state index contributed by atoms with van der Waals surface area (Å²) >= 11 is 7.07. The monoisotopic (exact) mass is 502 g/mol. The predicted molar refractivity (Wildman–Crippen MR) is 141 cm³/mol. The highest BCUT2D eigenvalue weighted by Gasteiger charge is 2.31. The lowest BCUT2D eigenvalue weighted by Gasteiger charge is -2.30. The van der Waals surface area contributed by atoms with Crippen LogP contribution in [0.1, 0.15) is 36.9 Å². The number of halogens is 1. The maximum atomic E-state index is 13.2. The number of aryl methyl sites for hydroxylation is 1. The molecule has 0 spiro atoms. The van der Waals surface area contributed by atoms with Crippen LogP contribution in [-0.2, 0) is 16.7 Å². The van der Waals surface area contributed by atoms with Crippen LogP contribution >= 0.6 is 22.9 Å². The molecule has 3 aromatic heterocycles. The third kappa shape index (κ3) is 5.62. The number of carbonyl (C=O) groups is 2. The van der Waals surface area contributed by atoms with Crippen molar-refractivity contribution in [2.24, 2.45) is 5.41 Å². The summed E-state index contributed by atoms with van der Waals surface area (Å²) in [6.45, 7) is 5.09. The molecule has 0 aliphatic carbocycles. The molecule has 0 saturated carbocycles. The van der Waals surface area contributed by atoms with E-state index in [0.717, 1.165) is 16.0 Å². The number of hydrogen-bond acceptors (Lipinski definition) is 6. The highest BCUT2D eigenvalue weighted by Crippen LogP contribution is 2.30. The summed E-state index contributed by atoms with van der Waals surface area (Å²) in [7, 11) is 24.5. The number of nitrogens with zero attached hydrogens (tertiary/aromatic N) is 3. The largest absolute Gasteiger partial charge is 0.481 e. The second-order valence-electron chi connectivity index (χ2n) is 8.97. The number of aliphatic carboxylic acids is 1. The second-order valence-corrected chi connectivity index (χ2v) is 10.6. The van der Waals surface area contributed by atoms with E-state index < -0.39 is 28.2 Å². The van der Waals surface area contributed by atoms with Crippen LogP contribution in [0.5, 0.6) is 0 Å². The van der Waals surface area contributed by atoms with Gasteiger partial charge in [-0.3, -0.25) is 14.4 Å². The van der Waals surface area contributed by atoms with Gasteiger partial charge in [-0.1, -0.05) is 43.3 Å². The van der Waals surface area contributed by atoms with E-state index in [1.54, 1.807) is 26.8 Å².